The lowest BCUT2D eigenvalue weighted by Crippen LogP contribution is -2.41. The zero-order valence-corrected chi connectivity index (χ0v) is 13.5. The van der Waals surface area contributed by atoms with Gasteiger partial charge in [-0.2, -0.15) is 0 Å². The molecule has 0 heterocycles. The maximum atomic E-state index is 11.7. The number of methoxy groups -OCH3 is 1. The molecule has 0 fully saturated rings. The third-order valence-corrected chi connectivity index (χ3v) is 3.15. The predicted molar refractivity (Wildman–Crippen MR) is 85.9 cm³/mol. The van der Waals surface area contributed by atoms with Crippen LogP contribution in [0.3, 0.4) is 0 Å². The Morgan fingerprint density at radius 2 is 1.73 bits per heavy atom. The number of amides is 2. The lowest BCUT2D eigenvalue weighted by molar-refractivity contribution is -0.139. The summed E-state index contributed by atoms with van der Waals surface area (Å²) in [7, 11) is 5.54. The fourth-order valence-corrected chi connectivity index (χ4v) is 1.98. The van der Waals surface area contributed by atoms with Crippen LogP contribution >= 0.6 is 0 Å². The summed E-state index contributed by atoms with van der Waals surface area (Å²) in [4.78, 5) is 25.3. The smallest absolute Gasteiger partial charge is 0.309 e. The highest BCUT2D eigenvalue weighted by atomic mass is 16.5. The van der Waals surface area contributed by atoms with Crippen LogP contribution in [0.15, 0.2) is 24.3 Å². The van der Waals surface area contributed by atoms with E-state index in [0.29, 0.717) is 19.5 Å². The molecule has 6 heteroatoms. The van der Waals surface area contributed by atoms with Crippen LogP contribution in [0.1, 0.15) is 12.0 Å². The second-order valence-electron chi connectivity index (χ2n) is 5.23. The number of para-hydroxylation sites is 1. The van der Waals surface area contributed by atoms with Gasteiger partial charge in [-0.1, -0.05) is 18.2 Å². The number of carbonyl (C=O) groups is 2. The second kappa shape index (κ2) is 9.78. The number of rotatable bonds is 8. The summed E-state index contributed by atoms with van der Waals surface area (Å²) in [6.45, 7) is 1.76. The molecule has 6 nitrogen and oxygen atoms in total. The first-order valence-corrected chi connectivity index (χ1v) is 7.37. The summed E-state index contributed by atoms with van der Waals surface area (Å²) in [5.41, 5.74) is 0.997. The topological polar surface area (TPSA) is 70.7 Å². The summed E-state index contributed by atoms with van der Waals surface area (Å²) in [6, 6.07) is 7.61. The Hall–Kier alpha value is -2.08. The first kappa shape index (κ1) is 18.0. The summed E-state index contributed by atoms with van der Waals surface area (Å²) in [5.74, 6) is -0.400. The van der Waals surface area contributed by atoms with E-state index >= 15 is 0 Å². The third-order valence-electron chi connectivity index (χ3n) is 3.15. The summed E-state index contributed by atoms with van der Waals surface area (Å²) >= 11 is 0. The fraction of sp³-hybridized carbons (Fsp3) is 0.500. The molecule has 0 saturated heterocycles. The Morgan fingerprint density at radius 1 is 1.09 bits per heavy atom. The van der Waals surface area contributed by atoms with E-state index in [1.165, 1.54) is 0 Å². The van der Waals surface area contributed by atoms with Crippen molar-refractivity contribution in [3.8, 4) is 5.75 Å². The molecule has 0 atom stereocenters. The number of benzene rings is 1. The third kappa shape index (κ3) is 6.58. The van der Waals surface area contributed by atoms with Crippen molar-refractivity contribution in [3.05, 3.63) is 29.8 Å². The summed E-state index contributed by atoms with van der Waals surface area (Å²) in [6.07, 6.45) is 1.43. The Morgan fingerprint density at radius 3 is 2.36 bits per heavy atom. The van der Waals surface area contributed by atoms with Gasteiger partial charge < -0.3 is 20.3 Å². The number of hydrogen-bond donors (Lipinski definition) is 2. The molecule has 2 amide bonds. The van der Waals surface area contributed by atoms with Gasteiger partial charge in [-0.05, 0) is 45.1 Å². The highest BCUT2D eigenvalue weighted by Gasteiger charge is 2.12. The highest BCUT2D eigenvalue weighted by molar-refractivity contribution is 6.35. The number of nitrogens with one attached hydrogen (secondary N) is 2. The minimum Gasteiger partial charge on any atom is -0.496 e. The van der Waals surface area contributed by atoms with E-state index in [-0.39, 0.29) is 0 Å². The van der Waals surface area contributed by atoms with Crippen molar-refractivity contribution < 1.29 is 14.3 Å². The Bertz CT molecular complexity index is 489. The van der Waals surface area contributed by atoms with Crippen LogP contribution in [0.25, 0.3) is 0 Å². The molecule has 22 heavy (non-hydrogen) atoms. The molecule has 1 aromatic carbocycles. The lowest BCUT2D eigenvalue weighted by atomic mass is 10.1. The van der Waals surface area contributed by atoms with E-state index in [0.717, 1.165) is 24.3 Å². The Balaban J connectivity index is 2.26. The van der Waals surface area contributed by atoms with Crippen molar-refractivity contribution in [3.63, 3.8) is 0 Å². The first-order valence-electron chi connectivity index (χ1n) is 7.37. The molecule has 0 spiro atoms. The molecule has 0 bridgehead atoms. The van der Waals surface area contributed by atoms with Crippen LogP contribution in [0.4, 0.5) is 0 Å². The van der Waals surface area contributed by atoms with Crippen molar-refractivity contribution in [2.24, 2.45) is 0 Å². The van der Waals surface area contributed by atoms with Crippen molar-refractivity contribution in [1.82, 2.24) is 15.5 Å². The average Bonchev–Trinajstić information content (AvgIpc) is 2.51. The van der Waals surface area contributed by atoms with Gasteiger partial charge in [0.1, 0.15) is 5.75 Å². The van der Waals surface area contributed by atoms with Crippen molar-refractivity contribution in [2.45, 2.75) is 12.8 Å². The van der Waals surface area contributed by atoms with Crippen LogP contribution in [0.5, 0.6) is 5.75 Å². The summed E-state index contributed by atoms with van der Waals surface area (Å²) in [5, 5.41) is 5.22. The molecule has 0 aliphatic rings. The van der Waals surface area contributed by atoms with Gasteiger partial charge in [-0.15, -0.1) is 0 Å². The van der Waals surface area contributed by atoms with Crippen LogP contribution < -0.4 is 15.4 Å². The van der Waals surface area contributed by atoms with Gasteiger partial charge in [0.25, 0.3) is 0 Å². The molecule has 0 saturated carbocycles. The number of nitrogens with zero attached hydrogens (tertiary/aromatic N) is 1. The molecular formula is C16H25N3O3. The van der Waals surface area contributed by atoms with Crippen LogP contribution in [0.2, 0.25) is 0 Å². The molecule has 122 valence electrons. The predicted octanol–water partition coefficient (Wildman–Crippen LogP) is 0.422. The van der Waals surface area contributed by atoms with Gasteiger partial charge in [-0.3, -0.25) is 9.59 Å². The van der Waals surface area contributed by atoms with E-state index in [1.807, 2.05) is 43.3 Å². The van der Waals surface area contributed by atoms with Crippen molar-refractivity contribution in [2.75, 3.05) is 40.8 Å². The number of carbonyl (C=O) groups excluding carboxylic acids is 2. The van der Waals surface area contributed by atoms with E-state index in [2.05, 4.69) is 10.6 Å². The van der Waals surface area contributed by atoms with Gasteiger partial charge >= 0.3 is 11.8 Å². The standard InChI is InChI=1S/C16H25N3O3/c1-19(2)12-6-10-17-15(20)16(21)18-11-9-13-7-4-5-8-14(13)22-3/h4-5,7-8H,6,9-12H2,1-3H3,(H,17,20)(H,18,21). The number of ether oxygens (including phenoxy) is 1. The van der Waals surface area contributed by atoms with Crippen molar-refractivity contribution >= 4 is 11.8 Å². The van der Waals surface area contributed by atoms with Gasteiger partial charge in [0.05, 0.1) is 7.11 Å². The van der Waals surface area contributed by atoms with Crippen LogP contribution in [0, 0.1) is 0 Å². The molecular weight excluding hydrogens is 282 g/mol. The zero-order chi connectivity index (χ0) is 16.4. The SMILES string of the molecule is COc1ccccc1CCNC(=O)C(=O)NCCCN(C)C. The van der Waals surface area contributed by atoms with E-state index in [4.69, 9.17) is 4.74 Å². The highest BCUT2D eigenvalue weighted by Crippen LogP contribution is 2.17. The van der Waals surface area contributed by atoms with Gasteiger partial charge in [-0.25, -0.2) is 0 Å². The van der Waals surface area contributed by atoms with Crippen LogP contribution in [-0.2, 0) is 16.0 Å². The maximum Gasteiger partial charge on any atom is 0.309 e. The fourth-order valence-electron chi connectivity index (χ4n) is 1.98. The number of hydrogen-bond acceptors (Lipinski definition) is 4. The molecule has 0 aliphatic heterocycles. The Kier molecular flexibility index (Phi) is 7.99. The van der Waals surface area contributed by atoms with Crippen LogP contribution in [-0.4, -0.2) is 57.6 Å². The largest absolute Gasteiger partial charge is 0.496 e. The average molecular weight is 307 g/mol. The van der Waals surface area contributed by atoms with Gasteiger partial charge in [0.2, 0.25) is 0 Å². The quantitative estimate of drug-likeness (QED) is 0.539. The maximum absolute atomic E-state index is 11.7. The zero-order valence-electron chi connectivity index (χ0n) is 13.5. The minimum atomic E-state index is -0.597. The normalized spacial score (nSPS) is 10.4. The minimum absolute atomic E-state index is 0.393. The molecule has 0 aromatic heterocycles. The van der Waals surface area contributed by atoms with Gasteiger partial charge in [0.15, 0.2) is 0 Å². The van der Waals surface area contributed by atoms with E-state index < -0.39 is 11.8 Å². The molecule has 0 radical (unpaired) electrons. The van der Waals surface area contributed by atoms with E-state index in [9.17, 15) is 9.59 Å². The molecule has 2 N–H and O–H groups in total. The molecule has 1 rings (SSSR count). The molecule has 0 aliphatic carbocycles. The molecule has 0 unspecified atom stereocenters. The second-order valence-corrected chi connectivity index (χ2v) is 5.23. The van der Waals surface area contributed by atoms with Gasteiger partial charge in [0, 0.05) is 13.1 Å². The lowest BCUT2D eigenvalue weighted by Gasteiger charge is -2.10. The van der Waals surface area contributed by atoms with E-state index in [1.54, 1.807) is 7.11 Å². The molecule has 1 aromatic rings. The first-order chi connectivity index (χ1) is 10.5. The monoisotopic (exact) mass is 307 g/mol. The summed E-state index contributed by atoms with van der Waals surface area (Å²) < 4.78 is 5.24. The Labute approximate surface area is 131 Å². The van der Waals surface area contributed by atoms with Crippen molar-refractivity contribution in [1.29, 1.82) is 0 Å².